The Hall–Kier alpha value is -1.00. The molecule has 0 unspecified atom stereocenters. The van der Waals surface area contributed by atoms with Crippen LogP contribution in [0.2, 0.25) is 5.02 Å². The third kappa shape index (κ3) is 4.25. The Morgan fingerprint density at radius 1 is 1.10 bits per heavy atom. The molecule has 0 fully saturated rings. The van der Waals surface area contributed by atoms with E-state index in [0.717, 1.165) is 33.2 Å². The molecule has 3 N–H and O–H groups in total. The number of aliphatic hydroxyl groups excluding tert-OH is 1. The number of hydrogen-bond donors (Lipinski definition) is 2. The first-order valence-electron chi connectivity index (χ1n) is 6.59. The van der Waals surface area contributed by atoms with Crippen molar-refractivity contribution in [1.29, 1.82) is 0 Å². The Morgan fingerprint density at radius 2 is 1.80 bits per heavy atom. The summed E-state index contributed by atoms with van der Waals surface area (Å²) in [4.78, 5) is 2.29. The van der Waals surface area contributed by atoms with Crippen molar-refractivity contribution in [2.45, 2.75) is 28.7 Å². The highest BCUT2D eigenvalue weighted by Gasteiger charge is 2.11. The summed E-state index contributed by atoms with van der Waals surface area (Å²) in [7, 11) is 0. The highest BCUT2D eigenvalue weighted by Crippen LogP contribution is 2.34. The SMILES string of the molecule is N[C@H](CCCO)c1ccccc1Sc1ccc(Cl)cc1. The van der Waals surface area contributed by atoms with Gasteiger partial charge in [0.25, 0.3) is 0 Å². The minimum Gasteiger partial charge on any atom is -0.396 e. The molecule has 0 radical (unpaired) electrons. The summed E-state index contributed by atoms with van der Waals surface area (Å²) in [5.74, 6) is 0. The van der Waals surface area contributed by atoms with Crippen LogP contribution in [0.5, 0.6) is 0 Å². The second kappa shape index (κ2) is 7.70. The van der Waals surface area contributed by atoms with Gasteiger partial charge < -0.3 is 10.8 Å². The molecule has 0 bridgehead atoms. The van der Waals surface area contributed by atoms with E-state index in [0.29, 0.717) is 0 Å². The molecule has 20 heavy (non-hydrogen) atoms. The van der Waals surface area contributed by atoms with Crippen LogP contribution in [0.15, 0.2) is 58.3 Å². The van der Waals surface area contributed by atoms with Gasteiger partial charge in [-0.05, 0) is 48.7 Å². The molecule has 0 spiro atoms. The van der Waals surface area contributed by atoms with Crippen LogP contribution in [0, 0.1) is 0 Å². The monoisotopic (exact) mass is 307 g/mol. The van der Waals surface area contributed by atoms with Crippen molar-refractivity contribution in [1.82, 2.24) is 0 Å². The van der Waals surface area contributed by atoms with Crippen LogP contribution in [-0.4, -0.2) is 11.7 Å². The summed E-state index contributed by atoms with van der Waals surface area (Å²) in [6.45, 7) is 0.181. The van der Waals surface area contributed by atoms with Crippen LogP contribution in [0.1, 0.15) is 24.4 Å². The highest BCUT2D eigenvalue weighted by molar-refractivity contribution is 7.99. The first-order chi connectivity index (χ1) is 9.70. The van der Waals surface area contributed by atoms with Crippen LogP contribution in [0.4, 0.5) is 0 Å². The zero-order valence-corrected chi connectivity index (χ0v) is 12.7. The number of nitrogens with two attached hydrogens (primary N) is 1. The van der Waals surface area contributed by atoms with Gasteiger partial charge >= 0.3 is 0 Å². The maximum absolute atomic E-state index is 8.92. The number of rotatable bonds is 6. The van der Waals surface area contributed by atoms with Crippen LogP contribution < -0.4 is 5.73 Å². The standard InChI is InChI=1S/C16H18ClNOS/c17-12-7-9-13(10-8-12)20-16-6-2-1-4-14(16)15(18)5-3-11-19/h1-2,4,6-10,15,19H,3,5,11,18H2/t15-/m1/s1. The predicted octanol–water partition coefficient (Wildman–Crippen LogP) is 4.26. The molecule has 0 saturated carbocycles. The van der Waals surface area contributed by atoms with Crippen molar-refractivity contribution >= 4 is 23.4 Å². The maximum atomic E-state index is 8.92. The van der Waals surface area contributed by atoms with Crippen molar-refractivity contribution in [2.24, 2.45) is 5.73 Å². The topological polar surface area (TPSA) is 46.2 Å². The highest BCUT2D eigenvalue weighted by atomic mass is 35.5. The zero-order chi connectivity index (χ0) is 14.4. The lowest BCUT2D eigenvalue weighted by Crippen LogP contribution is -2.11. The Kier molecular flexibility index (Phi) is 5.92. The molecule has 1 atom stereocenters. The lowest BCUT2D eigenvalue weighted by Gasteiger charge is -2.15. The smallest absolute Gasteiger partial charge is 0.0431 e. The molecular weight excluding hydrogens is 290 g/mol. The molecule has 2 aromatic carbocycles. The molecule has 0 aliphatic heterocycles. The van der Waals surface area contributed by atoms with E-state index < -0.39 is 0 Å². The first-order valence-corrected chi connectivity index (χ1v) is 7.79. The predicted molar refractivity (Wildman–Crippen MR) is 85.3 cm³/mol. The van der Waals surface area contributed by atoms with Gasteiger partial charge in [-0.3, -0.25) is 0 Å². The lowest BCUT2D eigenvalue weighted by molar-refractivity contribution is 0.279. The summed E-state index contributed by atoms with van der Waals surface area (Å²) in [6.07, 6.45) is 1.51. The van der Waals surface area contributed by atoms with Crippen molar-refractivity contribution in [3.63, 3.8) is 0 Å². The third-order valence-corrected chi connectivity index (χ3v) is 4.38. The van der Waals surface area contributed by atoms with E-state index in [1.54, 1.807) is 11.8 Å². The number of halogens is 1. The fourth-order valence-corrected chi connectivity index (χ4v) is 3.11. The summed E-state index contributed by atoms with van der Waals surface area (Å²) in [6, 6.07) is 15.9. The van der Waals surface area contributed by atoms with Crippen molar-refractivity contribution in [3.8, 4) is 0 Å². The van der Waals surface area contributed by atoms with Gasteiger partial charge in [-0.2, -0.15) is 0 Å². The summed E-state index contributed by atoms with van der Waals surface area (Å²) in [5.41, 5.74) is 7.34. The molecule has 0 amide bonds. The van der Waals surface area contributed by atoms with Gasteiger partial charge in [0, 0.05) is 27.5 Å². The fraction of sp³-hybridized carbons (Fsp3) is 0.250. The molecule has 4 heteroatoms. The molecule has 2 rings (SSSR count). The van der Waals surface area contributed by atoms with Gasteiger partial charge in [0.05, 0.1) is 0 Å². The minimum absolute atomic E-state index is 0.0434. The van der Waals surface area contributed by atoms with Gasteiger partial charge in [0.15, 0.2) is 0 Å². The molecule has 106 valence electrons. The van der Waals surface area contributed by atoms with E-state index in [1.165, 1.54) is 0 Å². The summed E-state index contributed by atoms with van der Waals surface area (Å²) >= 11 is 7.58. The van der Waals surface area contributed by atoms with Gasteiger partial charge in [-0.25, -0.2) is 0 Å². The third-order valence-electron chi connectivity index (χ3n) is 3.03. The van der Waals surface area contributed by atoms with Gasteiger partial charge in [0.2, 0.25) is 0 Å². The number of hydrogen-bond acceptors (Lipinski definition) is 3. The Bertz CT molecular complexity index is 544. The fourth-order valence-electron chi connectivity index (χ4n) is 1.98. The Labute approximate surface area is 129 Å². The second-order valence-corrected chi connectivity index (χ2v) is 6.12. The zero-order valence-electron chi connectivity index (χ0n) is 11.1. The Morgan fingerprint density at radius 3 is 2.50 bits per heavy atom. The van der Waals surface area contributed by atoms with Crippen molar-refractivity contribution in [2.75, 3.05) is 6.61 Å². The second-order valence-electron chi connectivity index (χ2n) is 4.57. The lowest BCUT2D eigenvalue weighted by atomic mass is 10.0. The molecular formula is C16H18ClNOS. The van der Waals surface area contributed by atoms with E-state index in [1.807, 2.05) is 36.4 Å². The minimum atomic E-state index is -0.0434. The molecule has 2 aromatic rings. The van der Waals surface area contributed by atoms with Crippen molar-refractivity contribution < 1.29 is 5.11 Å². The van der Waals surface area contributed by atoms with Gasteiger partial charge in [0.1, 0.15) is 0 Å². The van der Waals surface area contributed by atoms with Crippen LogP contribution in [0.3, 0.4) is 0 Å². The summed E-state index contributed by atoms with van der Waals surface area (Å²) < 4.78 is 0. The molecule has 0 heterocycles. The van der Waals surface area contributed by atoms with Gasteiger partial charge in [-0.1, -0.05) is 41.6 Å². The molecule has 0 aliphatic rings. The average molecular weight is 308 g/mol. The van der Waals surface area contributed by atoms with Crippen molar-refractivity contribution in [3.05, 3.63) is 59.1 Å². The molecule has 0 aromatic heterocycles. The first kappa shape index (κ1) is 15.4. The molecule has 0 aliphatic carbocycles. The van der Waals surface area contributed by atoms with E-state index in [4.69, 9.17) is 22.4 Å². The molecule has 0 saturated heterocycles. The van der Waals surface area contributed by atoms with Gasteiger partial charge in [-0.15, -0.1) is 0 Å². The van der Waals surface area contributed by atoms with Crippen LogP contribution in [-0.2, 0) is 0 Å². The number of benzene rings is 2. The van der Waals surface area contributed by atoms with Crippen LogP contribution >= 0.6 is 23.4 Å². The molecule has 2 nitrogen and oxygen atoms in total. The summed E-state index contributed by atoms with van der Waals surface area (Å²) in [5, 5.41) is 9.66. The maximum Gasteiger partial charge on any atom is 0.0431 e. The number of aliphatic hydroxyl groups is 1. The normalized spacial score (nSPS) is 12.3. The average Bonchev–Trinajstić information content (AvgIpc) is 2.48. The largest absolute Gasteiger partial charge is 0.396 e. The van der Waals surface area contributed by atoms with Crippen LogP contribution in [0.25, 0.3) is 0 Å². The van der Waals surface area contributed by atoms with E-state index in [-0.39, 0.29) is 12.6 Å². The van der Waals surface area contributed by atoms with E-state index >= 15 is 0 Å². The quantitative estimate of drug-likeness (QED) is 0.838. The Balaban J connectivity index is 2.17. The van der Waals surface area contributed by atoms with E-state index in [2.05, 4.69) is 12.1 Å². The van der Waals surface area contributed by atoms with E-state index in [9.17, 15) is 0 Å².